The number of rotatable bonds is 17. The first-order valence-corrected chi connectivity index (χ1v) is 16.4. The van der Waals surface area contributed by atoms with Crippen LogP contribution >= 0.6 is 0 Å². The molecule has 2 saturated heterocycles. The minimum atomic E-state index is -2.09. The number of carbonyl (C=O) groups is 3. The third-order valence-corrected chi connectivity index (χ3v) is 8.46. The van der Waals surface area contributed by atoms with Crippen LogP contribution in [0, 0.1) is 5.92 Å². The first-order chi connectivity index (χ1) is 24.5. The maximum absolute atomic E-state index is 12.1. The standard InChI is InChI=1S/C32H50N2O18/c1-13(12-47-31-21(33-14(2)37)25(42)24(41)19(10-35)50-31)23(40)27(44)29(30(45)49-18-8-6-17(46-5)7-9-18)52-32-22(34-15(3)38)26(43)28(48-16(4)39)20(11-36)51-32/h6-9,13,19-32,35-36,40-45H,10-12H2,1-5H3,(H,33,37)(H,34,38). The van der Waals surface area contributed by atoms with Gasteiger partial charge in [-0.2, -0.15) is 0 Å². The van der Waals surface area contributed by atoms with Crippen molar-refractivity contribution in [2.24, 2.45) is 5.92 Å². The monoisotopic (exact) mass is 750 g/mol. The molecular formula is C32H50N2O18. The molecular weight excluding hydrogens is 700 g/mol. The van der Waals surface area contributed by atoms with E-state index in [0.717, 1.165) is 20.8 Å². The van der Waals surface area contributed by atoms with Crippen LogP contribution in [-0.2, 0) is 38.1 Å². The van der Waals surface area contributed by atoms with E-state index in [1.165, 1.54) is 38.3 Å². The molecule has 2 fully saturated rings. The minimum absolute atomic E-state index is 0.0591. The number of esters is 1. The summed E-state index contributed by atoms with van der Waals surface area (Å²) in [5.41, 5.74) is 0. The zero-order valence-electron chi connectivity index (χ0n) is 29.3. The van der Waals surface area contributed by atoms with Crippen LogP contribution in [0.25, 0.3) is 0 Å². The first-order valence-electron chi connectivity index (χ1n) is 16.4. The molecule has 0 spiro atoms. The smallest absolute Gasteiger partial charge is 0.303 e. The predicted molar refractivity (Wildman–Crippen MR) is 172 cm³/mol. The molecule has 0 bridgehead atoms. The average Bonchev–Trinajstić information content (AvgIpc) is 3.10. The number of benzene rings is 1. The highest BCUT2D eigenvalue weighted by Gasteiger charge is 2.51. The molecule has 296 valence electrons. The van der Waals surface area contributed by atoms with Crippen molar-refractivity contribution in [2.45, 2.75) is 114 Å². The first kappa shape index (κ1) is 43.2. The Morgan fingerprint density at radius 1 is 0.788 bits per heavy atom. The molecule has 0 saturated carbocycles. The van der Waals surface area contributed by atoms with Gasteiger partial charge in [0.1, 0.15) is 60.2 Å². The zero-order chi connectivity index (χ0) is 38.9. The fraction of sp³-hybridized carbons (Fsp3) is 0.719. The topological polar surface area (TPSA) is 302 Å². The van der Waals surface area contributed by atoms with Gasteiger partial charge in [0.2, 0.25) is 18.1 Å². The van der Waals surface area contributed by atoms with Crippen molar-refractivity contribution in [2.75, 3.05) is 26.9 Å². The third kappa shape index (κ3) is 11.1. The minimum Gasteiger partial charge on any atom is -0.497 e. The second-order valence-corrected chi connectivity index (χ2v) is 12.5. The van der Waals surface area contributed by atoms with Crippen molar-refractivity contribution in [3.8, 4) is 11.5 Å². The number of amides is 2. The van der Waals surface area contributed by atoms with E-state index in [4.69, 9.17) is 33.2 Å². The number of aliphatic hydroxyl groups is 8. The van der Waals surface area contributed by atoms with Gasteiger partial charge in [-0.15, -0.1) is 0 Å². The lowest BCUT2D eigenvalue weighted by Gasteiger charge is -2.45. The van der Waals surface area contributed by atoms with Gasteiger partial charge in [-0.1, -0.05) is 6.92 Å². The van der Waals surface area contributed by atoms with Gasteiger partial charge in [0, 0.05) is 26.7 Å². The van der Waals surface area contributed by atoms with Gasteiger partial charge in [-0.25, -0.2) is 0 Å². The highest BCUT2D eigenvalue weighted by Crippen LogP contribution is 2.30. The molecule has 20 nitrogen and oxygen atoms in total. The lowest BCUT2D eigenvalue weighted by molar-refractivity contribution is -0.315. The quantitative estimate of drug-likeness (QED) is 0.0531. The third-order valence-electron chi connectivity index (χ3n) is 8.46. The number of methoxy groups -OCH3 is 1. The predicted octanol–water partition coefficient (Wildman–Crippen LogP) is -4.39. The van der Waals surface area contributed by atoms with E-state index < -0.39 is 129 Å². The van der Waals surface area contributed by atoms with Crippen molar-refractivity contribution in [1.82, 2.24) is 10.6 Å². The number of carbonyl (C=O) groups excluding carboxylic acids is 3. The summed E-state index contributed by atoms with van der Waals surface area (Å²) in [6.45, 7) is 2.79. The van der Waals surface area contributed by atoms with E-state index >= 15 is 0 Å². The van der Waals surface area contributed by atoms with Crippen molar-refractivity contribution < 1.29 is 88.4 Å². The molecule has 52 heavy (non-hydrogen) atoms. The number of ether oxygens (including phenoxy) is 7. The van der Waals surface area contributed by atoms with Crippen LogP contribution < -0.4 is 20.1 Å². The van der Waals surface area contributed by atoms with E-state index in [-0.39, 0.29) is 5.75 Å². The number of aliphatic hydroxyl groups excluding tert-OH is 8. The Kier molecular flexibility index (Phi) is 16.4. The molecule has 2 aliphatic rings. The van der Waals surface area contributed by atoms with Gasteiger partial charge in [0.25, 0.3) is 0 Å². The fourth-order valence-corrected chi connectivity index (χ4v) is 5.73. The van der Waals surface area contributed by atoms with Gasteiger partial charge < -0.3 is 84.6 Å². The molecule has 2 aliphatic heterocycles. The van der Waals surface area contributed by atoms with Crippen LogP contribution in [0.2, 0.25) is 0 Å². The van der Waals surface area contributed by atoms with E-state index in [1.807, 2.05) is 0 Å². The molecule has 15 atom stereocenters. The van der Waals surface area contributed by atoms with Crippen molar-refractivity contribution in [3.05, 3.63) is 24.3 Å². The second kappa shape index (κ2) is 19.7. The normalized spacial score (nSPS) is 32.0. The van der Waals surface area contributed by atoms with Crippen molar-refractivity contribution in [3.63, 3.8) is 0 Å². The summed E-state index contributed by atoms with van der Waals surface area (Å²) in [5, 5.41) is 90.4. The van der Waals surface area contributed by atoms with E-state index in [9.17, 15) is 55.2 Å². The molecule has 1 aromatic rings. The summed E-state index contributed by atoms with van der Waals surface area (Å²) in [6, 6.07) is 3.06. The number of hydrogen-bond donors (Lipinski definition) is 10. The van der Waals surface area contributed by atoms with Crippen LogP contribution in [0.1, 0.15) is 27.7 Å². The van der Waals surface area contributed by atoms with Crippen LogP contribution in [-0.4, -0.2) is 171 Å². The highest BCUT2D eigenvalue weighted by atomic mass is 16.7. The van der Waals surface area contributed by atoms with Gasteiger partial charge in [-0.05, 0) is 24.3 Å². The Balaban J connectivity index is 1.89. The van der Waals surface area contributed by atoms with E-state index in [0.29, 0.717) is 5.75 Å². The molecule has 3 rings (SSSR count). The van der Waals surface area contributed by atoms with Crippen LogP contribution in [0.4, 0.5) is 0 Å². The van der Waals surface area contributed by atoms with Gasteiger partial charge in [0.15, 0.2) is 24.8 Å². The molecule has 0 aromatic heterocycles. The number of hydrogen-bond acceptors (Lipinski definition) is 18. The van der Waals surface area contributed by atoms with Crippen molar-refractivity contribution in [1.29, 1.82) is 0 Å². The summed E-state index contributed by atoms with van der Waals surface area (Å²) in [6.07, 6.45) is -20.2. The summed E-state index contributed by atoms with van der Waals surface area (Å²) in [4.78, 5) is 35.7. The van der Waals surface area contributed by atoms with E-state index in [1.54, 1.807) is 0 Å². The highest BCUT2D eigenvalue weighted by molar-refractivity contribution is 5.73. The molecule has 2 heterocycles. The number of nitrogens with one attached hydrogen (secondary N) is 2. The average molecular weight is 751 g/mol. The van der Waals surface area contributed by atoms with Gasteiger partial charge in [0.05, 0.1) is 33.0 Å². The fourth-order valence-electron chi connectivity index (χ4n) is 5.73. The summed E-state index contributed by atoms with van der Waals surface area (Å²) < 4.78 is 38.8. The van der Waals surface area contributed by atoms with Crippen LogP contribution in [0.3, 0.4) is 0 Å². The Morgan fingerprint density at radius 3 is 1.85 bits per heavy atom. The zero-order valence-corrected chi connectivity index (χ0v) is 29.3. The van der Waals surface area contributed by atoms with Crippen LogP contribution in [0.5, 0.6) is 11.5 Å². The molecule has 0 radical (unpaired) electrons. The Morgan fingerprint density at radius 2 is 1.33 bits per heavy atom. The maximum atomic E-state index is 12.1. The molecule has 1 aromatic carbocycles. The van der Waals surface area contributed by atoms with Crippen LogP contribution in [0.15, 0.2) is 24.3 Å². The largest absolute Gasteiger partial charge is 0.497 e. The lowest BCUT2D eigenvalue weighted by atomic mass is 9.94. The van der Waals surface area contributed by atoms with Crippen molar-refractivity contribution >= 4 is 17.8 Å². The lowest BCUT2D eigenvalue weighted by Crippen LogP contribution is -2.67. The van der Waals surface area contributed by atoms with E-state index in [2.05, 4.69) is 10.6 Å². The summed E-state index contributed by atoms with van der Waals surface area (Å²) in [5.74, 6) is -2.65. The van der Waals surface area contributed by atoms with Gasteiger partial charge in [-0.3, -0.25) is 14.4 Å². The van der Waals surface area contributed by atoms with Gasteiger partial charge >= 0.3 is 5.97 Å². The Bertz CT molecular complexity index is 1290. The molecule has 10 N–H and O–H groups in total. The Labute approximate surface area is 299 Å². The Hall–Kier alpha value is -3.25. The molecule has 0 aliphatic carbocycles. The summed E-state index contributed by atoms with van der Waals surface area (Å²) in [7, 11) is 1.43. The summed E-state index contributed by atoms with van der Waals surface area (Å²) >= 11 is 0. The SMILES string of the molecule is COc1ccc(OC(O)C(OC2OC(CO)C(OC(C)=O)C(O)C2NC(C)=O)C(O)C(O)C(C)COC2OC(CO)C(O)C(O)C2NC(C)=O)cc1. The molecule has 20 heteroatoms. The molecule has 15 unspecified atom stereocenters. The maximum Gasteiger partial charge on any atom is 0.303 e. The second-order valence-electron chi connectivity index (χ2n) is 12.5. The molecule has 2 amide bonds.